The summed E-state index contributed by atoms with van der Waals surface area (Å²) in [5.74, 6) is -0.593. The van der Waals surface area contributed by atoms with E-state index in [0.717, 1.165) is 0 Å². The Kier molecular flexibility index (Phi) is 5.17. The molecule has 1 rings (SSSR count). The van der Waals surface area contributed by atoms with Crippen LogP contribution in [0.15, 0.2) is 18.2 Å². The van der Waals surface area contributed by atoms with Crippen molar-refractivity contribution in [2.24, 2.45) is 5.73 Å². The molecule has 0 bridgehead atoms. The summed E-state index contributed by atoms with van der Waals surface area (Å²) in [6.45, 7) is 0.0965. The van der Waals surface area contributed by atoms with Gasteiger partial charge in [0.2, 0.25) is 5.91 Å². The second-order valence-corrected chi connectivity index (χ2v) is 4.05. The molecule has 0 aliphatic rings. The number of benzene rings is 1. The van der Waals surface area contributed by atoms with Crippen LogP contribution < -0.4 is 11.5 Å². The molecule has 0 unspecified atom stereocenters. The lowest BCUT2D eigenvalue weighted by molar-refractivity contribution is -0.138. The number of amides is 1. The van der Waals surface area contributed by atoms with Gasteiger partial charge in [0.1, 0.15) is 0 Å². The summed E-state index contributed by atoms with van der Waals surface area (Å²) in [4.78, 5) is 10.9. The fraction of sp³-hybridized carbons (Fsp3) is 0.417. The Hall–Kier alpha value is -1.76. The maximum Gasteiger partial charge on any atom is 0.389 e. The molecule has 1 aromatic rings. The number of anilines is 1. The summed E-state index contributed by atoms with van der Waals surface area (Å²) in [7, 11) is 0. The minimum Gasteiger partial charge on any atom is -0.398 e. The lowest BCUT2D eigenvalue weighted by Gasteiger charge is -2.09. The second kappa shape index (κ2) is 6.42. The quantitative estimate of drug-likeness (QED) is 0.617. The van der Waals surface area contributed by atoms with Crippen molar-refractivity contribution < 1.29 is 22.7 Å². The minimum atomic E-state index is -4.16. The smallest absolute Gasteiger partial charge is 0.389 e. The molecule has 7 heteroatoms. The number of hydrogen-bond donors (Lipinski definition) is 2. The molecule has 0 saturated carbocycles. The Morgan fingerprint density at radius 1 is 1.32 bits per heavy atom. The van der Waals surface area contributed by atoms with Gasteiger partial charge in [-0.15, -0.1) is 0 Å². The molecular weight excluding hydrogens is 261 g/mol. The summed E-state index contributed by atoms with van der Waals surface area (Å²) >= 11 is 0. The van der Waals surface area contributed by atoms with E-state index in [-0.39, 0.29) is 25.2 Å². The highest BCUT2D eigenvalue weighted by Crippen LogP contribution is 2.21. The van der Waals surface area contributed by atoms with Crippen LogP contribution in [0.5, 0.6) is 0 Å². The van der Waals surface area contributed by atoms with Crippen LogP contribution in [-0.4, -0.2) is 18.7 Å². The number of ether oxygens (including phenoxy) is 1. The van der Waals surface area contributed by atoms with Crippen molar-refractivity contribution in [1.29, 1.82) is 0 Å². The molecule has 0 atom stereocenters. The van der Waals surface area contributed by atoms with Gasteiger partial charge in [-0.25, -0.2) is 0 Å². The topological polar surface area (TPSA) is 78.3 Å². The van der Waals surface area contributed by atoms with Crippen molar-refractivity contribution in [1.82, 2.24) is 0 Å². The van der Waals surface area contributed by atoms with Gasteiger partial charge in [0, 0.05) is 29.8 Å². The molecule has 0 radical (unpaired) electrons. The third-order valence-electron chi connectivity index (χ3n) is 2.44. The highest BCUT2D eigenvalue weighted by Gasteiger charge is 2.25. The van der Waals surface area contributed by atoms with E-state index in [2.05, 4.69) is 0 Å². The summed E-state index contributed by atoms with van der Waals surface area (Å²) < 4.78 is 40.7. The fourth-order valence-corrected chi connectivity index (χ4v) is 1.44. The van der Waals surface area contributed by atoms with Crippen LogP contribution in [0, 0.1) is 0 Å². The van der Waals surface area contributed by atoms with Crippen LogP contribution in [-0.2, 0) is 11.3 Å². The van der Waals surface area contributed by atoms with Crippen LogP contribution in [0.2, 0.25) is 0 Å². The summed E-state index contributed by atoms with van der Waals surface area (Å²) in [6.07, 6.45) is -5.13. The Morgan fingerprint density at radius 2 is 2.00 bits per heavy atom. The first-order valence-corrected chi connectivity index (χ1v) is 5.62. The molecule has 0 aromatic heterocycles. The summed E-state index contributed by atoms with van der Waals surface area (Å²) in [6, 6.07) is 4.48. The highest BCUT2D eigenvalue weighted by atomic mass is 19.4. The van der Waals surface area contributed by atoms with E-state index >= 15 is 0 Å². The van der Waals surface area contributed by atoms with Crippen LogP contribution in [0.25, 0.3) is 0 Å². The van der Waals surface area contributed by atoms with Gasteiger partial charge in [-0.1, -0.05) is 6.07 Å². The average molecular weight is 276 g/mol. The van der Waals surface area contributed by atoms with E-state index in [1.165, 1.54) is 12.1 Å². The van der Waals surface area contributed by atoms with Crippen molar-refractivity contribution in [3.63, 3.8) is 0 Å². The number of rotatable bonds is 6. The number of nitrogens with two attached hydrogens (primary N) is 2. The van der Waals surface area contributed by atoms with Crippen molar-refractivity contribution in [2.45, 2.75) is 25.6 Å². The molecule has 0 aliphatic carbocycles. The SMILES string of the molecule is NC(=O)c1ccc(COCCCC(F)(F)F)c(N)c1. The molecule has 0 aliphatic heterocycles. The zero-order chi connectivity index (χ0) is 14.5. The first kappa shape index (κ1) is 15.3. The zero-order valence-corrected chi connectivity index (χ0v) is 10.2. The lowest BCUT2D eigenvalue weighted by Crippen LogP contribution is -2.12. The summed E-state index contributed by atoms with van der Waals surface area (Å²) in [5.41, 5.74) is 12.0. The van der Waals surface area contributed by atoms with E-state index in [1.807, 2.05) is 0 Å². The van der Waals surface area contributed by atoms with Crippen molar-refractivity contribution >= 4 is 11.6 Å². The molecule has 0 fully saturated rings. The number of nitrogen functional groups attached to an aromatic ring is 1. The largest absolute Gasteiger partial charge is 0.398 e. The van der Waals surface area contributed by atoms with E-state index in [0.29, 0.717) is 11.3 Å². The first-order valence-electron chi connectivity index (χ1n) is 5.62. The predicted molar refractivity (Wildman–Crippen MR) is 64.3 cm³/mol. The number of carbonyl (C=O) groups excluding carboxylic acids is 1. The van der Waals surface area contributed by atoms with E-state index < -0.39 is 18.5 Å². The van der Waals surface area contributed by atoms with Crippen LogP contribution in [0.1, 0.15) is 28.8 Å². The van der Waals surface area contributed by atoms with Crippen LogP contribution in [0.4, 0.5) is 18.9 Å². The van der Waals surface area contributed by atoms with Gasteiger partial charge in [0.15, 0.2) is 0 Å². The van der Waals surface area contributed by atoms with E-state index in [1.54, 1.807) is 6.07 Å². The second-order valence-electron chi connectivity index (χ2n) is 4.05. The number of primary amides is 1. The molecule has 1 amide bonds. The molecule has 0 heterocycles. The third kappa shape index (κ3) is 5.60. The summed E-state index contributed by atoms with van der Waals surface area (Å²) in [5, 5.41) is 0. The molecule has 0 spiro atoms. The van der Waals surface area contributed by atoms with Gasteiger partial charge < -0.3 is 16.2 Å². The minimum absolute atomic E-state index is 0.00345. The van der Waals surface area contributed by atoms with Gasteiger partial charge in [-0.3, -0.25) is 4.79 Å². The number of alkyl halides is 3. The number of halogens is 3. The third-order valence-corrected chi connectivity index (χ3v) is 2.44. The van der Waals surface area contributed by atoms with Crippen molar-refractivity contribution in [3.05, 3.63) is 29.3 Å². The van der Waals surface area contributed by atoms with Crippen molar-refractivity contribution in [3.8, 4) is 0 Å². The number of carbonyl (C=O) groups is 1. The normalized spacial score (nSPS) is 11.5. The van der Waals surface area contributed by atoms with Gasteiger partial charge in [-0.05, 0) is 18.6 Å². The Morgan fingerprint density at radius 3 is 2.53 bits per heavy atom. The van der Waals surface area contributed by atoms with Gasteiger partial charge in [0.25, 0.3) is 0 Å². The highest BCUT2D eigenvalue weighted by molar-refractivity contribution is 5.93. The molecule has 0 saturated heterocycles. The van der Waals surface area contributed by atoms with Gasteiger partial charge in [-0.2, -0.15) is 13.2 Å². The van der Waals surface area contributed by atoms with Gasteiger partial charge >= 0.3 is 6.18 Å². The van der Waals surface area contributed by atoms with E-state index in [4.69, 9.17) is 16.2 Å². The Bertz CT molecular complexity index is 447. The lowest BCUT2D eigenvalue weighted by atomic mass is 10.1. The molecule has 106 valence electrons. The van der Waals surface area contributed by atoms with E-state index in [9.17, 15) is 18.0 Å². The maximum absolute atomic E-state index is 11.9. The molecule has 4 nitrogen and oxygen atoms in total. The van der Waals surface area contributed by atoms with Crippen LogP contribution >= 0.6 is 0 Å². The monoisotopic (exact) mass is 276 g/mol. The maximum atomic E-state index is 11.9. The first-order chi connectivity index (χ1) is 8.79. The zero-order valence-electron chi connectivity index (χ0n) is 10.2. The van der Waals surface area contributed by atoms with Gasteiger partial charge in [0.05, 0.1) is 6.61 Å². The standard InChI is InChI=1S/C12H15F3N2O2/c13-12(14,15)4-1-5-19-7-9-3-2-8(11(17)18)6-10(9)16/h2-3,6H,1,4-5,7,16H2,(H2,17,18). The molecular formula is C12H15F3N2O2. The number of hydrogen-bond acceptors (Lipinski definition) is 3. The molecule has 4 N–H and O–H groups in total. The molecule has 1 aromatic carbocycles. The molecule has 19 heavy (non-hydrogen) atoms. The van der Waals surface area contributed by atoms with Crippen molar-refractivity contribution in [2.75, 3.05) is 12.3 Å². The Labute approximate surface area is 108 Å². The fourth-order valence-electron chi connectivity index (χ4n) is 1.44. The Balaban J connectivity index is 2.40. The average Bonchev–Trinajstić information content (AvgIpc) is 2.28. The van der Waals surface area contributed by atoms with Crippen LogP contribution in [0.3, 0.4) is 0 Å². The predicted octanol–water partition coefficient (Wildman–Crippen LogP) is 2.23.